The molecule has 8 heteroatoms. The number of hydrogen-bond donors (Lipinski definition) is 2. The Balaban J connectivity index is 1.39. The van der Waals surface area contributed by atoms with Crippen LogP contribution < -0.4 is 5.32 Å². The number of thiocarbonyl (C=S) groups is 1. The van der Waals surface area contributed by atoms with Gasteiger partial charge in [0, 0.05) is 25.6 Å². The van der Waals surface area contributed by atoms with Gasteiger partial charge in [0.05, 0.1) is 11.2 Å². The number of carbonyl (C=O) groups excluding carboxylic acids is 2. The molecule has 0 unspecified atom stereocenters. The SMILES string of the molecule is O=C(CCCN1C(=O)C(=Cc2ccco2)SC1=S)NCCc1ccc(O)cc1. The van der Waals surface area contributed by atoms with E-state index >= 15 is 0 Å². The zero-order valence-electron chi connectivity index (χ0n) is 15.1. The number of amides is 2. The zero-order valence-corrected chi connectivity index (χ0v) is 16.7. The third-order valence-corrected chi connectivity index (χ3v) is 5.53. The number of furan rings is 1. The predicted octanol–water partition coefficient (Wildman–Crippen LogP) is 3.33. The number of hydrogen-bond acceptors (Lipinski definition) is 6. The van der Waals surface area contributed by atoms with Crippen LogP contribution in [0.25, 0.3) is 6.08 Å². The van der Waals surface area contributed by atoms with E-state index in [1.54, 1.807) is 36.6 Å². The van der Waals surface area contributed by atoms with Crippen LogP contribution in [-0.4, -0.2) is 39.2 Å². The van der Waals surface area contributed by atoms with Gasteiger partial charge in [0.1, 0.15) is 15.8 Å². The van der Waals surface area contributed by atoms with Gasteiger partial charge < -0.3 is 14.8 Å². The van der Waals surface area contributed by atoms with Crippen molar-refractivity contribution in [2.45, 2.75) is 19.3 Å². The summed E-state index contributed by atoms with van der Waals surface area (Å²) in [6.07, 6.45) is 4.77. The fraction of sp³-hybridized carbons (Fsp3) is 0.250. The molecule has 2 heterocycles. The molecule has 1 aliphatic rings. The Bertz CT molecular complexity index is 876. The van der Waals surface area contributed by atoms with Gasteiger partial charge in [0.2, 0.25) is 5.91 Å². The van der Waals surface area contributed by atoms with Crippen molar-refractivity contribution in [1.29, 1.82) is 0 Å². The average molecular weight is 417 g/mol. The summed E-state index contributed by atoms with van der Waals surface area (Å²) in [4.78, 5) is 26.5. The summed E-state index contributed by atoms with van der Waals surface area (Å²) in [7, 11) is 0. The van der Waals surface area contributed by atoms with Crippen LogP contribution >= 0.6 is 24.0 Å². The van der Waals surface area contributed by atoms with Gasteiger partial charge in [0.25, 0.3) is 5.91 Å². The van der Waals surface area contributed by atoms with Crippen molar-refractivity contribution in [3.63, 3.8) is 0 Å². The minimum absolute atomic E-state index is 0.0599. The normalized spacial score (nSPS) is 15.4. The topological polar surface area (TPSA) is 82.8 Å². The number of nitrogens with one attached hydrogen (secondary N) is 1. The number of thioether (sulfide) groups is 1. The quantitative estimate of drug-likeness (QED) is 0.507. The molecule has 1 aromatic heterocycles. The number of phenols is 1. The molecule has 146 valence electrons. The van der Waals surface area contributed by atoms with E-state index in [9.17, 15) is 14.7 Å². The van der Waals surface area contributed by atoms with Gasteiger partial charge >= 0.3 is 0 Å². The fourth-order valence-electron chi connectivity index (χ4n) is 2.69. The second-order valence-electron chi connectivity index (χ2n) is 6.22. The van der Waals surface area contributed by atoms with E-state index < -0.39 is 0 Å². The molecule has 0 saturated carbocycles. The number of phenolic OH excluding ortho intramolecular Hbond substituents is 1. The van der Waals surface area contributed by atoms with Crippen LogP contribution in [0, 0.1) is 0 Å². The van der Waals surface area contributed by atoms with Gasteiger partial charge in [-0.3, -0.25) is 14.5 Å². The molecule has 0 bridgehead atoms. The Morgan fingerprint density at radius 1 is 1.29 bits per heavy atom. The number of carbonyl (C=O) groups is 2. The van der Waals surface area contributed by atoms with Gasteiger partial charge in [-0.25, -0.2) is 0 Å². The molecular formula is C20H20N2O4S2. The van der Waals surface area contributed by atoms with E-state index in [4.69, 9.17) is 16.6 Å². The molecule has 28 heavy (non-hydrogen) atoms. The first kappa shape index (κ1) is 20.2. The van der Waals surface area contributed by atoms with E-state index in [0.717, 1.165) is 5.56 Å². The van der Waals surface area contributed by atoms with Gasteiger partial charge in [0.15, 0.2) is 0 Å². The van der Waals surface area contributed by atoms with Crippen molar-refractivity contribution in [2.24, 2.45) is 0 Å². The highest BCUT2D eigenvalue weighted by Crippen LogP contribution is 2.32. The molecule has 1 aromatic carbocycles. The summed E-state index contributed by atoms with van der Waals surface area (Å²) >= 11 is 6.52. The lowest BCUT2D eigenvalue weighted by Gasteiger charge is -2.14. The lowest BCUT2D eigenvalue weighted by Crippen LogP contribution is -2.31. The molecule has 0 spiro atoms. The monoisotopic (exact) mass is 416 g/mol. The highest BCUT2D eigenvalue weighted by molar-refractivity contribution is 8.26. The molecule has 1 saturated heterocycles. The Kier molecular flexibility index (Phi) is 6.89. The summed E-state index contributed by atoms with van der Waals surface area (Å²) in [6.45, 7) is 0.933. The van der Waals surface area contributed by atoms with Gasteiger partial charge in [-0.05, 0) is 42.7 Å². The molecule has 2 N–H and O–H groups in total. The second-order valence-corrected chi connectivity index (χ2v) is 7.89. The lowest BCUT2D eigenvalue weighted by atomic mass is 10.1. The molecular weight excluding hydrogens is 396 g/mol. The van der Waals surface area contributed by atoms with Gasteiger partial charge in [-0.1, -0.05) is 36.1 Å². The summed E-state index contributed by atoms with van der Waals surface area (Å²) in [5.74, 6) is 0.616. The van der Waals surface area contributed by atoms with Crippen LogP contribution in [0.5, 0.6) is 5.75 Å². The van der Waals surface area contributed by atoms with E-state index in [2.05, 4.69) is 5.32 Å². The van der Waals surface area contributed by atoms with Crippen molar-refractivity contribution in [3.8, 4) is 5.75 Å². The highest BCUT2D eigenvalue weighted by Gasteiger charge is 2.31. The maximum absolute atomic E-state index is 12.5. The third kappa shape index (κ3) is 5.46. The molecule has 1 aliphatic heterocycles. The first-order valence-corrected chi connectivity index (χ1v) is 10.1. The first-order valence-electron chi connectivity index (χ1n) is 8.86. The van der Waals surface area contributed by atoms with Gasteiger partial charge in [-0.15, -0.1) is 0 Å². The minimum Gasteiger partial charge on any atom is -0.508 e. The molecule has 3 rings (SSSR count). The Morgan fingerprint density at radius 3 is 2.79 bits per heavy atom. The van der Waals surface area contributed by atoms with Crippen LogP contribution in [0.2, 0.25) is 0 Å². The van der Waals surface area contributed by atoms with Crippen LogP contribution in [0.15, 0.2) is 52.0 Å². The maximum Gasteiger partial charge on any atom is 0.266 e. The first-order chi connectivity index (χ1) is 13.5. The van der Waals surface area contributed by atoms with Crippen molar-refractivity contribution in [1.82, 2.24) is 10.2 Å². The molecule has 2 amide bonds. The van der Waals surface area contributed by atoms with Crippen molar-refractivity contribution in [3.05, 3.63) is 58.9 Å². The number of nitrogens with zero attached hydrogens (tertiary/aromatic N) is 1. The highest BCUT2D eigenvalue weighted by atomic mass is 32.2. The van der Waals surface area contributed by atoms with Crippen molar-refractivity contribution >= 4 is 46.2 Å². The standard InChI is InChI=1S/C20H20N2O4S2/c23-15-7-5-14(6-8-15)9-10-21-18(24)4-1-11-22-19(25)17(28-20(22)27)13-16-3-2-12-26-16/h2-3,5-8,12-13,23H,1,4,9-11H2,(H,21,24). The molecule has 0 atom stereocenters. The Hall–Kier alpha value is -2.58. The maximum atomic E-state index is 12.5. The number of aromatic hydroxyl groups is 1. The molecule has 0 aliphatic carbocycles. The average Bonchev–Trinajstić information content (AvgIpc) is 3.27. The number of rotatable bonds is 8. The lowest BCUT2D eigenvalue weighted by molar-refractivity contribution is -0.123. The number of benzene rings is 1. The van der Waals surface area contributed by atoms with Gasteiger partial charge in [-0.2, -0.15) is 0 Å². The van der Waals surface area contributed by atoms with E-state index in [1.165, 1.54) is 16.7 Å². The van der Waals surface area contributed by atoms with Crippen molar-refractivity contribution < 1.29 is 19.1 Å². The largest absolute Gasteiger partial charge is 0.508 e. The van der Waals surface area contributed by atoms with Crippen molar-refractivity contribution in [2.75, 3.05) is 13.1 Å². The van der Waals surface area contributed by atoms with Crippen LogP contribution in [0.4, 0.5) is 0 Å². The molecule has 0 radical (unpaired) electrons. The fourth-order valence-corrected chi connectivity index (χ4v) is 3.98. The summed E-state index contributed by atoms with van der Waals surface area (Å²) in [5, 5.41) is 12.1. The van der Waals surface area contributed by atoms with E-state index in [0.29, 0.717) is 47.3 Å². The summed E-state index contributed by atoms with van der Waals surface area (Å²) < 4.78 is 5.73. The molecule has 1 fully saturated rings. The zero-order chi connectivity index (χ0) is 19.9. The summed E-state index contributed by atoms with van der Waals surface area (Å²) in [6, 6.07) is 10.4. The molecule has 6 nitrogen and oxygen atoms in total. The van der Waals surface area contributed by atoms with Crippen LogP contribution in [0.3, 0.4) is 0 Å². The Labute approximate surface area is 172 Å². The summed E-state index contributed by atoms with van der Waals surface area (Å²) in [5.41, 5.74) is 1.04. The van der Waals surface area contributed by atoms with E-state index in [-0.39, 0.29) is 17.6 Å². The minimum atomic E-state index is -0.154. The predicted molar refractivity (Wildman–Crippen MR) is 113 cm³/mol. The Morgan fingerprint density at radius 2 is 2.07 bits per heavy atom. The van der Waals surface area contributed by atoms with Crippen LogP contribution in [-0.2, 0) is 16.0 Å². The third-order valence-electron chi connectivity index (χ3n) is 4.15. The smallest absolute Gasteiger partial charge is 0.266 e. The van der Waals surface area contributed by atoms with Crippen LogP contribution in [0.1, 0.15) is 24.2 Å². The molecule has 2 aromatic rings. The second kappa shape index (κ2) is 9.57. The van der Waals surface area contributed by atoms with E-state index in [1.807, 2.05) is 12.1 Å².